The molecule has 0 bridgehead atoms. The van der Waals surface area contributed by atoms with Gasteiger partial charge in [0.15, 0.2) is 11.6 Å². The summed E-state index contributed by atoms with van der Waals surface area (Å²) in [5, 5.41) is 3.30. The maximum Gasteiger partial charge on any atom is 0.161 e. The van der Waals surface area contributed by atoms with Gasteiger partial charge in [-0.15, -0.1) is 0 Å². The molecule has 19 heavy (non-hydrogen) atoms. The fourth-order valence-corrected chi connectivity index (χ4v) is 1.93. The second kappa shape index (κ2) is 5.53. The van der Waals surface area contributed by atoms with Crippen molar-refractivity contribution >= 4 is 0 Å². The van der Waals surface area contributed by atoms with Crippen LogP contribution in [0.2, 0.25) is 0 Å². The number of hydrogen-bond acceptors (Lipinski definition) is 1. The molecule has 4 heteroatoms. The second-order valence-corrected chi connectivity index (χ2v) is 6.56. The molecule has 1 nitrogen and oxygen atoms in total. The number of nitrogens with one attached hydrogen (secondary N) is 1. The molecule has 1 aromatic carbocycles. The van der Waals surface area contributed by atoms with Crippen LogP contribution in [0.3, 0.4) is 0 Å². The van der Waals surface area contributed by atoms with Crippen molar-refractivity contribution in [1.29, 1.82) is 0 Å². The van der Waals surface area contributed by atoms with Gasteiger partial charge in [0.25, 0.3) is 0 Å². The molecule has 108 valence electrons. The van der Waals surface area contributed by atoms with Crippen LogP contribution in [0, 0.1) is 17.5 Å². The monoisotopic (exact) mass is 273 g/mol. The molecule has 0 heterocycles. The standard InChI is InChI=1S/C15H22F3N/c1-14(2,3)19-7-6-15(4,5)10-8-12(17)13(18)9-11(10)16/h8-9,19H,6-7H2,1-5H3. The average Bonchev–Trinajstić information content (AvgIpc) is 2.20. The topological polar surface area (TPSA) is 12.0 Å². The lowest BCUT2D eigenvalue weighted by Gasteiger charge is -2.28. The van der Waals surface area contributed by atoms with Gasteiger partial charge in [-0.05, 0) is 50.8 Å². The highest BCUT2D eigenvalue weighted by Crippen LogP contribution is 2.30. The van der Waals surface area contributed by atoms with E-state index in [-0.39, 0.29) is 11.1 Å². The quantitative estimate of drug-likeness (QED) is 0.812. The number of rotatable bonds is 4. The lowest BCUT2D eigenvalue weighted by molar-refractivity contribution is 0.370. The zero-order valence-corrected chi connectivity index (χ0v) is 12.2. The molecule has 1 aromatic rings. The summed E-state index contributed by atoms with van der Waals surface area (Å²) in [5.41, 5.74) is -0.373. The molecular weight excluding hydrogens is 251 g/mol. The fourth-order valence-electron chi connectivity index (χ4n) is 1.93. The summed E-state index contributed by atoms with van der Waals surface area (Å²) in [6.07, 6.45) is 0.631. The van der Waals surface area contributed by atoms with Gasteiger partial charge in [0.2, 0.25) is 0 Å². The van der Waals surface area contributed by atoms with Gasteiger partial charge in [-0.25, -0.2) is 13.2 Å². The lowest BCUT2D eigenvalue weighted by Crippen LogP contribution is -2.38. The molecule has 0 unspecified atom stereocenters. The van der Waals surface area contributed by atoms with Gasteiger partial charge in [-0.1, -0.05) is 13.8 Å². The lowest BCUT2D eigenvalue weighted by atomic mass is 9.81. The minimum atomic E-state index is -1.15. The number of halogens is 3. The van der Waals surface area contributed by atoms with Gasteiger partial charge in [0.05, 0.1) is 0 Å². The molecule has 0 atom stereocenters. The van der Waals surface area contributed by atoms with Crippen LogP contribution < -0.4 is 5.32 Å². The first-order chi connectivity index (χ1) is 8.53. The first kappa shape index (κ1) is 16.0. The highest BCUT2D eigenvalue weighted by Gasteiger charge is 2.26. The van der Waals surface area contributed by atoms with Gasteiger partial charge in [0, 0.05) is 11.6 Å². The third kappa shape index (κ3) is 4.53. The molecule has 1 rings (SSSR count). The molecule has 1 N–H and O–H groups in total. The summed E-state index contributed by atoms with van der Waals surface area (Å²) in [4.78, 5) is 0. The fraction of sp³-hybridized carbons (Fsp3) is 0.600. The van der Waals surface area contributed by atoms with Crippen LogP contribution in [0.1, 0.15) is 46.6 Å². The Morgan fingerprint density at radius 3 is 1.95 bits per heavy atom. The van der Waals surface area contributed by atoms with Crippen molar-refractivity contribution in [2.75, 3.05) is 6.54 Å². The van der Waals surface area contributed by atoms with E-state index in [4.69, 9.17) is 0 Å². The van der Waals surface area contributed by atoms with Crippen LogP contribution in [0.15, 0.2) is 12.1 Å². The van der Waals surface area contributed by atoms with Crippen LogP contribution in [0.25, 0.3) is 0 Å². The molecule has 0 aliphatic carbocycles. The minimum absolute atomic E-state index is 0.0251. The van der Waals surface area contributed by atoms with Crippen molar-refractivity contribution in [2.24, 2.45) is 0 Å². The highest BCUT2D eigenvalue weighted by atomic mass is 19.2. The number of hydrogen-bond donors (Lipinski definition) is 1. The van der Waals surface area contributed by atoms with Gasteiger partial charge in [-0.2, -0.15) is 0 Å². The Kier molecular flexibility index (Phi) is 4.67. The van der Waals surface area contributed by atoms with E-state index in [1.54, 1.807) is 0 Å². The van der Waals surface area contributed by atoms with Crippen molar-refractivity contribution in [3.63, 3.8) is 0 Å². The van der Waals surface area contributed by atoms with E-state index in [1.807, 2.05) is 34.6 Å². The predicted molar refractivity (Wildman–Crippen MR) is 71.7 cm³/mol. The van der Waals surface area contributed by atoms with Crippen LogP contribution in [0.4, 0.5) is 13.2 Å². The molecule has 0 saturated heterocycles. The van der Waals surface area contributed by atoms with Crippen molar-refractivity contribution in [1.82, 2.24) is 5.32 Å². The third-order valence-corrected chi connectivity index (χ3v) is 3.14. The summed E-state index contributed by atoms with van der Waals surface area (Å²) in [5.74, 6) is -2.85. The minimum Gasteiger partial charge on any atom is -0.312 e. The zero-order chi connectivity index (χ0) is 14.8. The summed E-state index contributed by atoms with van der Waals surface area (Å²) in [6, 6.07) is 1.57. The van der Waals surface area contributed by atoms with E-state index in [2.05, 4.69) is 5.32 Å². The van der Waals surface area contributed by atoms with Crippen molar-refractivity contribution in [2.45, 2.75) is 52.0 Å². The van der Waals surface area contributed by atoms with E-state index in [0.717, 1.165) is 6.07 Å². The van der Waals surface area contributed by atoms with Gasteiger partial charge >= 0.3 is 0 Å². The first-order valence-corrected chi connectivity index (χ1v) is 6.43. The molecule has 0 spiro atoms. The normalized spacial score (nSPS) is 12.8. The Balaban J connectivity index is 2.85. The largest absolute Gasteiger partial charge is 0.312 e. The van der Waals surface area contributed by atoms with E-state index >= 15 is 0 Å². The second-order valence-electron chi connectivity index (χ2n) is 6.56. The summed E-state index contributed by atoms with van der Waals surface area (Å²) < 4.78 is 39.9. The average molecular weight is 273 g/mol. The van der Waals surface area contributed by atoms with E-state index < -0.39 is 22.9 Å². The molecule has 0 aromatic heterocycles. The van der Waals surface area contributed by atoms with Crippen LogP contribution in [-0.2, 0) is 5.41 Å². The van der Waals surface area contributed by atoms with Crippen molar-refractivity contribution in [3.05, 3.63) is 35.1 Å². The Morgan fingerprint density at radius 2 is 1.42 bits per heavy atom. The van der Waals surface area contributed by atoms with Crippen LogP contribution in [-0.4, -0.2) is 12.1 Å². The highest BCUT2D eigenvalue weighted by molar-refractivity contribution is 5.27. The number of benzene rings is 1. The van der Waals surface area contributed by atoms with E-state index in [9.17, 15) is 13.2 Å². The molecule has 0 aliphatic rings. The van der Waals surface area contributed by atoms with E-state index in [1.165, 1.54) is 0 Å². The van der Waals surface area contributed by atoms with Crippen molar-refractivity contribution in [3.8, 4) is 0 Å². The Bertz CT molecular complexity index is 447. The Labute approximate surface area is 113 Å². The van der Waals surface area contributed by atoms with Crippen molar-refractivity contribution < 1.29 is 13.2 Å². The molecule has 0 saturated carbocycles. The molecule has 0 fully saturated rings. The Hall–Kier alpha value is -1.03. The maximum atomic E-state index is 13.8. The zero-order valence-electron chi connectivity index (χ0n) is 12.2. The first-order valence-electron chi connectivity index (χ1n) is 6.43. The summed E-state index contributed by atoms with van der Waals surface area (Å²) in [6.45, 7) is 10.4. The van der Waals surface area contributed by atoms with Gasteiger partial charge in [0.1, 0.15) is 5.82 Å². The van der Waals surface area contributed by atoms with Gasteiger partial charge in [-0.3, -0.25) is 0 Å². The Morgan fingerprint density at radius 1 is 0.895 bits per heavy atom. The summed E-state index contributed by atoms with van der Waals surface area (Å²) >= 11 is 0. The van der Waals surface area contributed by atoms with Crippen LogP contribution in [0.5, 0.6) is 0 Å². The molecule has 0 amide bonds. The molecule has 0 radical (unpaired) electrons. The van der Waals surface area contributed by atoms with Crippen LogP contribution >= 0.6 is 0 Å². The predicted octanol–water partition coefficient (Wildman–Crippen LogP) is 4.16. The maximum absolute atomic E-state index is 13.8. The smallest absolute Gasteiger partial charge is 0.161 e. The third-order valence-electron chi connectivity index (χ3n) is 3.14. The van der Waals surface area contributed by atoms with Gasteiger partial charge < -0.3 is 5.32 Å². The SMILES string of the molecule is CC(C)(C)NCCC(C)(C)c1cc(F)c(F)cc1F. The molecule has 0 aliphatic heterocycles. The molecular formula is C15H22F3N. The van der Waals surface area contributed by atoms with E-state index in [0.29, 0.717) is 19.0 Å². The summed E-state index contributed by atoms with van der Waals surface area (Å²) in [7, 11) is 0.